The first-order valence-corrected chi connectivity index (χ1v) is 6.90. The van der Waals surface area contributed by atoms with Crippen LogP contribution < -0.4 is 0 Å². The maximum Gasteiger partial charge on any atom is 0.336 e. The first-order valence-electron chi connectivity index (χ1n) is 6.90. The Hall–Kier alpha value is -2.09. The molecule has 2 heteroatoms. The van der Waals surface area contributed by atoms with Crippen molar-refractivity contribution in [2.45, 2.75) is 27.2 Å². The van der Waals surface area contributed by atoms with Crippen LogP contribution in [-0.4, -0.2) is 11.1 Å². The van der Waals surface area contributed by atoms with Gasteiger partial charge in [0, 0.05) is 0 Å². The molecule has 0 heterocycles. The van der Waals surface area contributed by atoms with Gasteiger partial charge < -0.3 is 5.11 Å². The second kappa shape index (κ2) is 5.91. The second-order valence-corrected chi connectivity index (χ2v) is 5.65. The van der Waals surface area contributed by atoms with Gasteiger partial charge in [0.25, 0.3) is 0 Å². The monoisotopic (exact) mass is 268 g/mol. The molecule has 20 heavy (non-hydrogen) atoms. The first-order chi connectivity index (χ1) is 9.47. The van der Waals surface area contributed by atoms with Gasteiger partial charge in [0.15, 0.2) is 0 Å². The highest BCUT2D eigenvalue weighted by Gasteiger charge is 2.11. The van der Waals surface area contributed by atoms with Gasteiger partial charge in [-0.05, 0) is 42.0 Å². The van der Waals surface area contributed by atoms with Gasteiger partial charge in [0.1, 0.15) is 0 Å². The lowest BCUT2D eigenvalue weighted by atomic mass is 9.95. The number of benzene rings is 2. The fourth-order valence-corrected chi connectivity index (χ4v) is 2.38. The average Bonchev–Trinajstić information content (AvgIpc) is 2.39. The summed E-state index contributed by atoms with van der Waals surface area (Å²) in [4.78, 5) is 11.4. The Morgan fingerprint density at radius 2 is 1.75 bits per heavy atom. The molecule has 0 aliphatic heterocycles. The smallest absolute Gasteiger partial charge is 0.336 e. The molecule has 2 nitrogen and oxygen atoms in total. The zero-order valence-corrected chi connectivity index (χ0v) is 12.2. The van der Waals surface area contributed by atoms with Gasteiger partial charge in [-0.2, -0.15) is 0 Å². The van der Waals surface area contributed by atoms with E-state index in [1.165, 1.54) is 5.56 Å². The van der Waals surface area contributed by atoms with Crippen molar-refractivity contribution in [3.63, 3.8) is 0 Å². The van der Waals surface area contributed by atoms with Crippen molar-refractivity contribution in [1.29, 1.82) is 0 Å². The molecule has 104 valence electrons. The Morgan fingerprint density at radius 1 is 1.10 bits per heavy atom. The van der Waals surface area contributed by atoms with Gasteiger partial charge in [-0.25, -0.2) is 4.79 Å². The van der Waals surface area contributed by atoms with Crippen LogP contribution in [0.25, 0.3) is 11.1 Å². The zero-order chi connectivity index (χ0) is 14.7. The lowest BCUT2D eigenvalue weighted by Crippen LogP contribution is -2.00. The highest BCUT2D eigenvalue weighted by molar-refractivity contribution is 5.96. The van der Waals surface area contributed by atoms with Gasteiger partial charge in [0.2, 0.25) is 0 Å². The largest absolute Gasteiger partial charge is 0.478 e. The van der Waals surface area contributed by atoms with E-state index >= 15 is 0 Å². The molecule has 0 atom stereocenters. The van der Waals surface area contributed by atoms with E-state index in [-0.39, 0.29) is 0 Å². The summed E-state index contributed by atoms with van der Waals surface area (Å²) in [5.41, 5.74) is 4.34. The summed E-state index contributed by atoms with van der Waals surface area (Å²) >= 11 is 0. The minimum absolute atomic E-state index is 0.363. The van der Waals surface area contributed by atoms with E-state index in [9.17, 15) is 9.90 Å². The van der Waals surface area contributed by atoms with Crippen molar-refractivity contribution in [1.82, 2.24) is 0 Å². The molecule has 1 N–H and O–H groups in total. The minimum Gasteiger partial charge on any atom is -0.478 e. The van der Waals surface area contributed by atoms with Crippen LogP contribution in [0, 0.1) is 12.8 Å². The highest BCUT2D eigenvalue weighted by Crippen LogP contribution is 2.25. The number of carboxylic acid groups (broad SMARTS) is 1. The fourth-order valence-electron chi connectivity index (χ4n) is 2.38. The summed E-state index contributed by atoms with van der Waals surface area (Å²) in [5, 5.41) is 9.32. The van der Waals surface area contributed by atoms with Crippen LogP contribution >= 0.6 is 0 Å². The fraction of sp³-hybridized carbons (Fsp3) is 0.278. The average molecular weight is 268 g/mol. The highest BCUT2D eigenvalue weighted by atomic mass is 16.4. The van der Waals surface area contributed by atoms with Crippen LogP contribution in [0.4, 0.5) is 0 Å². The Bertz CT molecular complexity index is 610. The summed E-state index contributed by atoms with van der Waals surface area (Å²) in [6.07, 6.45) is 1.04. The third-order valence-corrected chi connectivity index (χ3v) is 3.31. The van der Waals surface area contributed by atoms with Crippen LogP contribution in [0.15, 0.2) is 42.5 Å². The number of rotatable bonds is 4. The predicted octanol–water partition coefficient (Wildman–Crippen LogP) is 4.56. The van der Waals surface area contributed by atoms with E-state index in [2.05, 4.69) is 26.0 Å². The third-order valence-electron chi connectivity index (χ3n) is 3.31. The SMILES string of the molecule is Cc1ccc(-c2ccc(CC(C)C)cc2)c(C(=O)O)c1. The summed E-state index contributed by atoms with van der Waals surface area (Å²) < 4.78 is 0. The number of aryl methyl sites for hydroxylation is 1. The number of carboxylic acids is 1. The van der Waals surface area contributed by atoms with Gasteiger partial charge in [-0.3, -0.25) is 0 Å². The molecule has 0 radical (unpaired) electrons. The van der Waals surface area contributed by atoms with Crippen molar-refractivity contribution < 1.29 is 9.90 Å². The molecule has 0 fully saturated rings. The van der Waals surface area contributed by atoms with Crippen LogP contribution in [0.1, 0.15) is 35.3 Å². The maximum atomic E-state index is 11.4. The molecule has 0 bridgehead atoms. The van der Waals surface area contributed by atoms with Crippen molar-refractivity contribution in [3.05, 3.63) is 59.2 Å². The molecule has 2 aromatic rings. The van der Waals surface area contributed by atoms with Crippen LogP contribution in [0.2, 0.25) is 0 Å². The van der Waals surface area contributed by atoms with Crippen LogP contribution in [0.3, 0.4) is 0 Å². The molecule has 0 saturated heterocycles. The van der Waals surface area contributed by atoms with E-state index in [1.54, 1.807) is 6.07 Å². The Kier molecular flexibility index (Phi) is 4.23. The molecule has 0 saturated carbocycles. The number of carbonyl (C=O) groups is 1. The van der Waals surface area contributed by atoms with Gasteiger partial charge >= 0.3 is 5.97 Å². The maximum absolute atomic E-state index is 11.4. The van der Waals surface area contributed by atoms with Crippen molar-refractivity contribution in [3.8, 4) is 11.1 Å². The summed E-state index contributed by atoms with van der Waals surface area (Å²) in [7, 11) is 0. The van der Waals surface area contributed by atoms with Crippen molar-refractivity contribution in [2.75, 3.05) is 0 Å². The lowest BCUT2D eigenvalue weighted by Gasteiger charge is -2.09. The van der Waals surface area contributed by atoms with Gasteiger partial charge in [0.05, 0.1) is 5.56 Å². The van der Waals surface area contributed by atoms with E-state index in [4.69, 9.17) is 0 Å². The molecule has 0 unspecified atom stereocenters. The van der Waals surface area contributed by atoms with E-state index in [0.717, 1.165) is 23.1 Å². The third kappa shape index (κ3) is 3.27. The normalized spacial score (nSPS) is 10.8. The van der Waals surface area contributed by atoms with E-state index < -0.39 is 5.97 Å². The second-order valence-electron chi connectivity index (χ2n) is 5.65. The van der Waals surface area contributed by atoms with Crippen molar-refractivity contribution in [2.24, 2.45) is 5.92 Å². The quantitative estimate of drug-likeness (QED) is 0.882. The number of aromatic carboxylic acids is 1. The summed E-state index contributed by atoms with van der Waals surface area (Å²) in [5.74, 6) is -0.259. The van der Waals surface area contributed by atoms with Crippen LogP contribution in [-0.2, 0) is 6.42 Å². The Morgan fingerprint density at radius 3 is 2.30 bits per heavy atom. The predicted molar refractivity (Wildman–Crippen MR) is 82.1 cm³/mol. The summed E-state index contributed by atoms with van der Waals surface area (Å²) in [6, 6.07) is 13.7. The van der Waals surface area contributed by atoms with Gasteiger partial charge in [-0.1, -0.05) is 55.8 Å². The standard InChI is InChI=1S/C18H20O2/c1-12(2)10-14-5-7-15(8-6-14)16-9-4-13(3)11-17(16)18(19)20/h4-9,11-12H,10H2,1-3H3,(H,19,20). The first kappa shape index (κ1) is 14.3. The number of hydrogen-bond donors (Lipinski definition) is 1. The molecule has 2 rings (SSSR count). The van der Waals surface area contributed by atoms with Crippen LogP contribution in [0.5, 0.6) is 0 Å². The summed E-state index contributed by atoms with van der Waals surface area (Å²) in [6.45, 7) is 6.29. The van der Waals surface area contributed by atoms with E-state index in [0.29, 0.717) is 11.5 Å². The molecular formula is C18H20O2. The molecule has 0 spiro atoms. The lowest BCUT2D eigenvalue weighted by molar-refractivity contribution is 0.0697. The number of hydrogen-bond acceptors (Lipinski definition) is 1. The Labute approximate surface area is 120 Å². The Balaban J connectivity index is 2.39. The minimum atomic E-state index is -0.880. The molecular weight excluding hydrogens is 248 g/mol. The van der Waals surface area contributed by atoms with Gasteiger partial charge in [-0.15, -0.1) is 0 Å². The molecule has 0 aliphatic rings. The molecule has 0 aromatic heterocycles. The topological polar surface area (TPSA) is 37.3 Å². The van der Waals surface area contributed by atoms with Crippen molar-refractivity contribution >= 4 is 5.97 Å². The molecule has 0 aliphatic carbocycles. The zero-order valence-electron chi connectivity index (χ0n) is 12.2. The molecule has 2 aromatic carbocycles. The molecule has 0 amide bonds. The van der Waals surface area contributed by atoms with E-state index in [1.807, 2.05) is 31.2 Å².